The molecule has 0 fully saturated rings. The van der Waals surface area contributed by atoms with E-state index < -0.39 is 28.4 Å². The molecule has 0 bridgehead atoms. The predicted octanol–water partition coefficient (Wildman–Crippen LogP) is 0.881. The molecule has 1 aromatic carbocycles. The minimum atomic E-state index is -3.99. The molecule has 0 N–H and O–H groups in total. The summed E-state index contributed by atoms with van der Waals surface area (Å²) in [5, 5.41) is 8.72. The Balaban J connectivity index is 3.21. The van der Waals surface area contributed by atoms with Gasteiger partial charge in [0.2, 0.25) is 10.0 Å². The standard InChI is InChI=1S/C12H13FN2O4S/c1-3-15(8-12(16)19-2)20(17,18)10-4-5-11(13)9(6-10)7-14/h4-6H,3,8H2,1-2H3. The van der Waals surface area contributed by atoms with Gasteiger partial charge in [0, 0.05) is 6.54 Å². The van der Waals surface area contributed by atoms with E-state index in [2.05, 4.69) is 4.74 Å². The average molecular weight is 300 g/mol. The number of rotatable bonds is 5. The van der Waals surface area contributed by atoms with Gasteiger partial charge in [-0.1, -0.05) is 6.92 Å². The molecule has 0 saturated carbocycles. The van der Waals surface area contributed by atoms with Gasteiger partial charge < -0.3 is 4.74 Å². The van der Waals surface area contributed by atoms with Gasteiger partial charge in [-0.3, -0.25) is 4.79 Å². The summed E-state index contributed by atoms with van der Waals surface area (Å²) in [5.74, 6) is -1.51. The van der Waals surface area contributed by atoms with E-state index in [0.29, 0.717) is 0 Å². The number of carbonyl (C=O) groups is 1. The molecule has 0 heterocycles. The number of nitrogens with zero attached hydrogens (tertiary/aromatic N) is 2. The van der Waals surface area contributed by atoms with Crippen molar-refractivity contribution in [2.45, 2.75) is 11.8 Å². The SMILES string of the molecule is CCN(CC(=O)OC)S(=O)(=O)c1ccc(F)c(C#N)c1. The zero-order valence-electron chi connectivity index (χ0n) is 11.0. The monoisotopic (exact) mass is 300 g/mol. The van der Waals surface area contributed by atoms with Crippen LogP contribution in [0.4, 0.5) is 4.39 Å². The van der Waals surface area contributed by atoms with Crippen LogP contribution in [0.25, 0.3) is 0 Å². The van der Waals surface area contributed by atoms with Gasteiger partial charge in [0.25, 0.3) is 0 Å². The molecule has 1 rings (SSSR count). The number of hydrogen-bond donors (Lipinski definition) is 0. The van der Waals surface area contributed by atoms with Crippen molar-refractivity contribution in [2.24, 2.45) is 0 Å². The molecule has 8 heteroatoms. The first-order valence-corrected chi connectivity index (χ1v) is 7.07. The summed E-state index contributed by atoms with van der Waals surface area (Å²) in [4.78, 5) is 10.9. The summed E-state index contributed by atoms with van der Waals surface area (Å²) in [6.45, 7) is 1.14. The Morgan fingerprint density at radius 3 is 2.65 bits per heavy atom. The highest BCUT2D eigenvalue weighted by atomic mass is 32.2. The smallest absolute Gasteiger partial charge is 0.321 e. The maximum Gasteiger partial charge on any atom is 0.321 e. The van der Waals surface area contributed by atoms with Crippen LogP contribution in [0, 0.1) is 17.1 Å². The van der Waals surface area contributed by atoms with Crippen molar-refractivity contribution in [3.63, 3.8) is 0 Å². The number of ether oxygens (including phenoxy) is 1. The fourth-order valence-electron chi connectivity index (χ4n) is 1.47. The first kappa shape index (κ1) is 16.1. The quantitative estimate of drug-likeness (QED) is 0.753. The number of hydrogen-bond acceptors (Lipinski definition) is 5. The fraction of sp³-hybridized carbons (Fsp3) is 0.333. The lowest BCUT2D eigenvalue weighted by Gasteiger charge is -2.19. The van der Waals surface area contributed by atoms with Crippen LogP contribution in [-0.4, -0.2) is 38.9 Å². The van der Waals surface area contributed by atoms with Crippen LogP contribution in [0.15, 0.2) is 23.1 Å². The van der Waals surface area contributed by atoms with E-state index in [-0.39, 0.29) is 17.0 Å². The summed E-state index contributed by atoms with van der Waals surface area (Å²) in [7, 11) is -2.84. The molecule has 0 aliphatic heterocycles. The predicted molar refractivity (Wildman–Crippen MR) is 67.6 cm³/mol. The van der Waals surface area contributed by atoms with Gasteiger partial charge in [0.05, 0.1) is 17.6 Å². The molecule has 0 atom stereocenters. The molecular formula is C12H13FN2O4S. The van der Waals surface area contributed by atoms with E-state index in [4.69, 9.17) is 5.26 Å². The van der Waals surface area contributed by atoms with E-state index >= 15 is 0 Å². The van der Waals surface area contributed by atoms with Crippen molar-refractivity contribution in [3.8, 4) is 6.07 Å². The zero-order valence-corrected chi connectivity index (χ0v) is 11.8. The van der Waals surface area contributed by atoms with Crippen LogP contribution in [0.2, 0.25) is 0 Å². The number of nitriles is 1. The van der Waals surface area contributed by atoms with Crippen LogP contribution in [-0.2, 0) is 19.6 Å². The lowest BCUT2D eigenvalue weighted by molar-refractivity contribution is -0.140. The van der Waals surface area contributed by atoms with Crippen LogP contribution in [0.5, 0.6) is 0 Å². The van der Waals surface area contributed by atoms with Gasteiger partial charge in [0.1, 0.15) is 18.4 Å². The van der Waals surface area contributed by atoms with E-state index in [1.807, 2.05) is 0 Å². The molecule has 0 radical (unpaired) electrons. The Kier molecular flexibility index (Phi) is 5.19. The Bertz CT molecular complexity index is 652. The molecule has 0 unspecified atom stereocenters. The summed E-state index contributed by atoms with van der Waals surface area (Å²) in [6, 6.07) is 4.45. The first-order chi connectivity index (χ1) is 9.36. The van der Waals surface area contributed by atoms with Gasteiger partial charge in [-0.2, -0.15) is 9.57 Å². The molecule has 20 heavy (non-hydrogen) atoms. The lowest BCUT2D eigenvalue weighted by atomic mass is 10.2. The fourth-order valence-corrected chi connectivity index (χ4v) is 2.90. The number of methoxy groups -OCH3 is 1. The van der Waals surface area contributed by atoms with Crippen LogP contribution >= 0.6 is 0 Å². The highest BCUT2D eigenvalue weighted by Crippen LogP contribution is 2.18. The second kappa shape index (κ2) is 6.45. The van der Waals surface area contributed by atoms with Crippen molar-refractivity contribution in [1.82, 2.24) is 4.31 Å². The van der Waals surface area contributed by atoms with Gasteiger partial charge in [-0.05, 0) is 18.2 Å². The molecule has 0 amide bonds. The second-order valence-electron chi connectivity index (χ2n) is 3.76. The van der Waals surface area contributed by atoms with Crippen molar-refractivity contribution < 1.29 is 22.3 Å². The number of sulfonamides is 1. The Morgan fingerprint density at radius 1 is 1.50 bits per heavy atom. The van der Waals surface area contributed by atoms with Crippen molar-refractivity contribution >= 4 is 16.0 Å². The van der Waals surface area contributed by atoms with Crippen molar-refractivity contribution in [1.29, 1.82) is 5.26 Å². The highest BCUT2D eigenvalue weighted by molar-refractivity contribution is 7.89. The summed E-state index contributed by atoms with van der Waals surface area (Å²) < 4.78 is 43.1. The third-order valence-corrected chi connectivity index (χ3v) is 4.50. The largest absolute Gasteiger partial charge is 0.468 e. The molecule has 108 valence electrons. The van der Waals surface area contributed by atoms with Crippen LogP contribution < -0.4 is 0 Å². The highest BCUT2D eigenvalue weighted by Gasteiger charge is 2.26. The van der Waals surface area contributed by atoms with E-state index in [0.717, 1.165) is 29.6 Å². The molecule has 0 spiro atoms. The number of likely N-dealkylation sites (N-methyl/N-ethyl adjacent to an activating group) is 1. The number of carbonyl (C=O) groups excluding carboxylic acids is 1. The first-order valence-electron chi connectivity index (χ1n) is 5.63. The van der Waals surface area contributed by atoms with Gasteiger partial charge >= 0.3 is 5.97 Å². The Labute approximate surface area is 116 Å². The van der Waals surface area contributed by atoms with Gasteiger partial charge in [-0.25, -0.2) is 12.8 Å². The second-order valence-corrected chi connectivity index (χ2v) is 5.70. The average Bonchev–Trinajstić information content (AvgIpc) is 2.44. The molecular weight excluding hydrogens is 287 g/mol. The zero-order chi connectivity index (χ0) is 15.3. The maximum absolute atomic E-state index is 13.2. The molecule has 6 nitrogen and oxygen atoms in total. The maximum atomic E-state index is 13.2. The Hall–Kier alpha value is -1.98. The van der Waals surface area contributed by atoms with E-state index in [9.17, 15) is 17.6 Å². The molecule has 0 aliphatic rings. The van der Waals surface area contributed by atoms with E-state index in [1.165, 1.54) is 0 Å². The third-order valence-electron chi connectivity index (χ3n) is 2.58. The number of esters is 1. The third kappa shape index (κ3) is 3.31. The minimum absolute atomic E-state index is 0.0384. The topological polar surface area (TPSA) is 87.5 Å². The van der Waals surface area contributed by atoms with Crippen LogP contribution in [0.1, 0.15) is 12.5 Å². The normalized spacial score (nSPS) is 11.2. The van der Waals surface area contributed by atoms with Crippen LogP contribution in [0.3, 0.4) is 0 Å². The van der Waals surface area contributed by atoms with Crippen molar-refractivity contribution in [3.05, 3.63) is 29.6 Å². The molecule has 0 aliphatic carbocycles. The van der Waals surface area contributed by atoms with E-state index in [1.54, 1.807) is 13.0 Å². The van der Waals surface area contributed by atoms with Crippen molar-refractivity contribution in [2.75, 3.05) is 20.2 Å². The van der Waals surface area contributed by atoms with Gasteiger partial charge in [0.15, 0.2) is 0 Å². The summed E-state index contributed by atoms with van der Waals surface area (Å²) >= 11 is 0. The minimum Gasteiger partial charge on any atom is -0.468 e. The molecule has 1 aromatic rings. The summed E-state index contributed by atoms with van der Waals surface area (Å²) in [6.07, 6.45) is 0. The lowest BCUT2D eigenvalue weighted by Crippen LogP contribution is -2.36. The molecule has 0 aromatic heterocycles. The summed E-state index contributed by atoms with van der Waals surface area (Å²) in [5.41, 5.74) is -0.375. The number of benzene rings is 1. The Morgan fingerprint density at radius 2 is 2.15 bits per heavy atom. The number of halogens is 1. The van der Waals surface area contributed by atoms with Gasteiger partial charge in [-0.15, -0.1) is 0 Å². The molecule has 0 saturated heterocycles.